The Bertz CT molecular complexity index is 535. The Morgan fingerprint density at radius 2 is 2.17 bits per heavy atom. The number of aryl methyl sites for hydroxylation is 1. The van der Waals surface area contributed by atoms with Gasteiger partial charge in [0.05, 0.1) is 6.04 Å². The van der Waals surface area contributed by atoms with Gasteiger partial charge in [-0.2, -0.15) is 0 Å². The van der Waals surface area contributed by atoms with Gasteiger partial charge in [-0.05, 0) is 26.2 Å². The van der Waals surface area contributed by atoms with E-state index in [2.05, 4.69) is 15.3 Å². The second kappa shape index (κ2) is 8.10. The van der Waals surface area contributed by atoms with Crippen molar-refractivity contribution in [2.75, 3.05) is 26.8 Å². The number of methoxy groups -OCH3 is 1. The number of rotatable bonds is 6. The summed E-state index contributed by atoms with van der Waals surface area (Å²) in [5.41, 5.74) is 0.984. The number of carbonyl (C=O) groups excluding carboxylic acids is 2. The zero-order chi connectivity index (χ0) is 16.8. The van der Waals surface area contributed by atoms with Gasteiger partial charge in [-0.3, -0.25) is 9.59 Å². The van der Waals surface area contributed by atoms with Crippen molar-refractivity contribution in [2.24, 2.45) is 5.92 Å². The number of carbonyl (C=O) groups is 2. The third-order valence-corrected chi connectivity index (χ3v) is 4.26. The van der Waals surface area contributed by atoms with E-state index in [4.69, 9.17) is 4.74 Å². The van der Waals surface area contributed by atoms with Crippen molar-refractivity contribution in [3.05, 3.63) is 17.7 Å². The average Bonchev–Trinajstić information content (AvgIpc) is 2.99. The summed E-state index contributed by atoms with van der Waals surface area (Å²) >= 11 is 0. The summed E-state index contributed by atoms with van der Waals surface area (Å²) in [5.74, 6) is 0.784. The highest BCUT2D eigenvalue weighted by atomic mass is 16.5. The van der Waals surface area contributed by atoms with Crippen LogP contribution >= 0.6 is 0 Å². The number of aromatic nitrogens is 2. The summed E-state index contributed by atoms with van der Waals surface area (Å²) < 4.78 is 4.87. The topological polar surface area (TPSA) is 87.3 Å². The molecule has 2 heterocycles. The van der Waals surface area contributed by atoms with Crippen LogP contribution in [0.5, 0.6) is 0 Å². The molecule has 7 nitrogen and oxygen atoms in total. The van der Waals surface area contributed by atoms with E-state index in [1.165, 1.54) is 7.11 Å². The third kappa shape index (κ3) is 4.54. The average molecular weight is 322 g/mol. The van der Waals surface area contributed by atoms with E-state index >= 15 is 0 Å². The Morgan fingerprint density at radius 3 is 2.70 bits per heavy atom. The fraction of sp³-hybridized carbons (Fsp3) is 0.688. The molecule has 2 N–H and O–H groups in total. The van der Waals surface area contributed by atoms with Crippen molar-refractivity contribution in [1.29, 1.82) is 0 Å². The van der Waals surface area contributed by atoms with Crippen molar-refractivity contribution >= 4 is 11.8 Å². The summed E-state index contributed by atoms with van der Waals surface area (Å²) in [7, 11) is 1.51. The molecular weight excluding hydrogens is 296 g/mol. The van der Waals surface area contributed by atoms with Crippen LogP contribution in [-0.4, -0.2) is 53.5 Å². The molecule has 0 saturated carbocycles. The first-order valence-electron chi connectivity index (χ1n) is 8.13. The lowest BCUT2D eigenvalue weighted by atomic mass is 9.95. The summed E-state index contributed by atoms with van der Waals surface area (Å²) in [5, 5.41) is 3.07. The van der Waals surface area contributed by atoms with Gasteiger partial charge >= 0.3 is 0 Å². The number of hydrogen-bond donors (Lipinski definition) is 2. The summed E-state index contributed by atoms with van der Waals surface area (Å²) in [4.78, 5) is 33.5. The zero-order valence-electron chi connectivity index (χ0n) is 14.1. The van der Waals surface area contributed by atoms with Crippen molar-refractivity contribution in [3.63, 3.8) is 0 Å². The van der Waals surface area contributed by atoms with Gasteiger partial charge in [0.1, 0.15) is 12.4 Å². The summed E-state index contributed by atoms with van der Waals surface area (Å²) in [6, 6.07) is -0.0932. The van der Waals surface area contributed by atoms with Crippen LogP contribution in [0.15, 0.2) is 6.20 Å². The van der Waals surface area contributed by atoms with Gasteiger partial charge in [-0.25, -0.2) is 4.98 Å². The number of amides is 2. The normalized spacial score (nSPS) is 17.1. The molecule has 1 aliphatic rings. The summed E-state index contributed by atoms with van der Waals surface area (Å²) in [6.45, 7) is 5.28. The van der Waals surface area contributed by atoms with Gasteiger partial charge in [-0.15, -0.1) is 0 Å². The van der Waals surface area contributed by atoms with E-state index in [0.717, 1.165) is 17.9 Å². The molecule has 2 amide bonds. The number of piperidine rings is 1. The number of hydrogen-bond acceptors (Lipinski definition) is 4. The van der Waals surface area contributed by atoms with E-state index in [1.54, 1.807) is 11.1 Å². The Hall–Kier alpha value is -1.89. The standard InChI is InChI=1S/C16H26N4O3/c1-4-13(15-17-9-11(2)18-15)19-16(22)12-5-7-20(8-6-12)14(21)10-23-3/h9,12-13H,4-8,10H2,1-3H3,(H,17,18)(H,19,22)/t13-/m1/s1. The molecule has 0 unspecified atom stereocenters. The first-order valence-corrected chi connectivity index (χ1v) is 8.13. The van der Waals surface area contributed by atoms with Crippen LogP contribution in [0.1, 0.15) is 43.7 Å². The molecule has 1 aromatic heterocycles. The smallest absolute Gasteiger partial charge is 0.248 e. The van der Waals surface area contributed by atoms with E-state index in [1.807, 2.05) is 13.8 Å². The Kier molecular flexibility index (Phi) is 6.15. The Morgan fingerprint density at radius 1 is 1.48 bits per heavy atom. The van der Waals surface area contributed by atoms with Crippen molar-refractivity contribution in [3.8, 4) is 0 Å². The largest absolute Gasteiger partial charge is 0.375 e. The first-order chi connectivity index (χ1) is 11.0. The van der Waals surface area contributed by atoms with Crippen LogP contribution in [0.4, 0.5) is 0 Å². The van der Waals surface area contributed by atoms with Gasteiger partial charge in [0, 0.05) is 38.0 Å². The minimum Gasteiger partial charge on any atom is -0.375 e. The molecule has 1 atom stereocenters. The number of ether oxygens (including phenoxy) is 1. The van der Waals surface area contributed by atoms with Crippen LogP contribution in [-0.2, 0) is 14.3 Å². The lowest BCUT2D eigenvalue weighted by Gasteiger charge is -2.31. The molecule has 1 aliphatic heterocycles. The van der Waals surface area contributed by atoms with Gasteiger partial charge in [-0.1, -0.05) is 6.92 Å². The minimum atomic E-state index is -0.0932. The van der Waals surface area contributed by atoms with Gasteiger partial charge in [0.2, 0.25) is 11.8 Å². The number of imidazole rings is 1. The van der Waals surface area contributed by atoms with E-state index < -0.39 is 0 Å². The maximum atomic E-state index is 12.5. The van der Waals surface area contributed by atoms with E-state index in [0.29, 0.717) is 25.9 Å². The van der Waals surface area contributed by atoms with Crippen LogP contribution in [0, 0.1) is 12.8 Å². The highest BCUT2D eigenvalue weighted by molar-refractivity contribution is 5.80. The second-order valence-corrected chi connectivity index (χ2v) is 6.01. The molecule has 128 valence electrons. The zero-order valence-corrected chi connectivity index (χ0v) is 14.1. The highest BCUT2D eigenvalue weighted by Gasteiger charge is 2.28. The number of H-pyrrole nitrogens is 1. The van der Waals surface area contributed by atoms with Gasteiger partial charge < -0.3 is 19.9 Å². The molecular formula is C16H26N4O3. The lowest BCUT2D eigenvalue weighted by molar-refractivity contribution is -0.138. The maximum absolute atomic E-state index is 12.5. The van der Waals surface area contributed by atoms with Crippen molar-refractivity contribution in [1.82, 2.24) is 20.2 Å². The van der Waals surface area contributed by atoms with Crippen LogP contribution in [0.25, 0.3) is 0 Å². The Labute approximate surface area is 136 Å². The third-order valence-electron chi connectivity index (χ3n) is 4.26. The molecule has 1 fully saturated rings. The molecule has 7 heteroatoms. The number of likely N-dealkylation sites (tertiary alicyclic amines) is 1. The van der Waals surface area contributed by atoms with Gasteiger partial charge in [0.15, 0.2) is 0 Å². The maximum Gasteiger partial charge on any atom is 0.248 e. The molecule has 1 aromatic rings. The van der Waals surface area contributed by atoms with Crippen molar-refractivity contribution < 1.29 is 14.3 Å². The predicted octanol–water partition coefficient (Wildman–Crippen LogP) is 1.17. The number of nitrogens with zero attached hydrogens (tertiary/aromatic N) is 2. The summed E-state index contributed by atoms with van der Waals surface area (Å²) in [6.07, 6.45) is 3.93. The molecule has 0 aromatic carbocycles. The highest BCUT2D eigenvalue weighted by Crippen LogP contribution is 2.20. The van der Waals surface area contributed by atoms with Crippen molar-refractivity contribution in [2.45, 2.75) is 39.2 Å². The molecule has 0 bridgehead atoms. The fourth-order valence-electron chi connectivity index (χ4n) is 2.87. The van der Waals surface area contributed by atoms with E-state index in [9.17, 15) is 9.59 Å². The molecule has 1 saturated heterocycles. The molecule has 2 rings (SSSR count). The lowest BCUT2D eigenvalue weighted by Crippen LogP contribution is -2.44. The second-order valence-electron chi connectivity index (χ2n) is 6.01. The van der Waals surface area contributed by atoms with Crippen LogP contribution in [0.2, 0.25) is 0 Å². The van der Waals surface area contributed by atoms with E-state index in [-0.39, 0.29) is 30.4 Å². The minimum absolute atomic E-state index is 0.0103. The SMILES string of the molecule is CC[C@@H](NC(=O)C1CCN(C(=O)COC)CC1)c1ncc(C)[nH]1. The Balaban J connectivity index is 1.86. The van der Waals surface area contributed by atoms with Crippen LogP contribution in [0.3, 0.4) is 0 Å². The first kappa shape index (κ1) is 17.5. The van der Waals surface area contributed by atoms with Gasteiger partial charge in [0.25, 0.3) is 0 Å². The number of aromatic amines is 1. The molecule has 0 aliphatic carbocycles. The fourth-order valence-corrected chi connectivity index (χ4v) is 2.87. The monoisotopic (exact) mass is 322 g/mol. The molecule has 0 spiro atoms. The van der Waals surface area contributed by atoms with Crippen LogP contribution < -0.4 is 5.32 Å². The molecule has 23 heavy (non-hydrogen) atoms. The predicted molar refractivity (Wildman–Crippen MR) is 85.7 cm³/mol. The quantitative estimate of drug-likeness (QED) is 0.823. The molecule has 0 radical (unpaired) electrons. The number of nitrogens with one attached hydrogen (secondary N) is 2.